The molecule has 0 saturated carbocycles. The summed E-state index contributed by atoms with van der Waals surface area (Å²) in [6, 6.07) is 7.70. The SMILES string of the molecule is CC(C)CNC(=O)C(C)NC(=O)C(N)c1ccccc1. The molecule has 5 heteroatoms. The predicted molar refractivity (Wildman–Crippen MR) is 78.8 cm³/mol. The van der Waals surface area contributed by atoms with Crippen LogP contribution in [0, 0.1) is 5.92 Å². The summed E-state index contributed by atoms with van der Waals surface area (Å²) in [7, 11) is 0. The van der Waals surface area contributed by atoms with Crippen molar-refractivity contribution in [2.24, 2.45) is 11.7 Å². The first-order valence-electron chi connectivity index (χ1n) is 6.80. The van der Waals surface area contributed by atoms with E-state index in [9.17, 15) is 9.59 Å². The van der Waals surface area contributed by atoms with Gasteiger partial charge in [0.15, 0.2) is 0 Å². The van der Waals surface area contributed by atoms with Crippen molar-refractivity contribution in [2.75, 3.05) is 6.54 Å². The first-order valence-corrected chi connectivity index (χ1v) is 6.80. The van der Waals surface area contributed by atoms with Crippen LogP contribution < -0.4 is 16.4 Å². The minimum absolute atomic E-state index is 0.202. The molecule has 2 unspecified atom stereocenters. The maximum absolute atomic E-state index is 12.0. The molecule has 0 bridgehead atoms. The Balaban J connectivity index is 2.51. The van der Waals surface area contributed by atoms with Crippen molar-refractivity contribution in [1.29, 1.82) is 0 Å². The minimum Gasteiger partial charge on any atom is -0.354 e. The second kappa shape index (κ2) is 7.65. The number of nitrogens with one attached hydrogen (secondary N) is 2. The standard InChI is InChI=1S/C15H23N3O2/c1-10(2)9-17-14(19)11(3)18-15(20)13(16)12-7-5-4-6-8-12/h4-8,10-11,13H,9,16H2,1-3H3,(H,17,19)(H,18,20). The van der Waals surface area contributed by atoms with Crippen LogP contribution in [0.3, 0.4) is 0 Å². The summed E-state index contributed by atoms with van der Waals surface area (Å²) in [5.41, 5.74) is 6.59. The van der Waals surface area contributed by atoms with Crippen LogP contribution in [0.25, 0.3) is 0 Å². The summed E-state index contributed by atoms with van der Waals surface area (Å²) in [6.45, 7) is 6.25. The van der Waals surface area contributed by atoms with Crippen LogP contribution in [-0.4, -0.2) is 24.4 Å². The fourth-order valence-electron chi connectivity index (χ4n) is 1.64. The molecule has 0 spiro atoms. The summed E-state index contributed by atoms with van der Waals surface area (Å²) >= 11 is 0. The van der Waals surface area contributed by atoms with Crippen LogP contribution in [-0.2, 0) is 9.59 Å². The van der Waals surface area contributed by atoms with E-state index in [4.69, 9.17) is 5.73 Å². The lowest BCUT2D eigenvalue weighted by Gasteiger charge is -2.18. The number of hydrogen-bond acceptors (Lipinski definition) is 3. The van der Waals surface area contributed by atoms with E-state index in [-0.39, 0.29) is 11.8 Å². The van der Waals surface area contributed by atoms with Gasteiger partial charge in [-0.05, 0) is 18.4 Å². The molecule has 0 heterocycles. The number of nitrogens with two attached hydrogens (primary N) is 1. The molecule has 2 amide bonds. The van der Waals surface area contributed by atoms with Gasteiger partial charge >= 0.3 is 0 Å². The van der Waals surface area contributed by atoms with Gasteiger partial charge in [0.05, 0.1) is 0 Å². The van der Waals surface area contributed by atoms with Gasteiger partial charge in [0.25, 0.3) is 0 Å². The number of amides is 2. The zero-order chi connectivity index (χ0) is 15.1. The van der Waals surface area contributed by atoms with Crippen molar-refractivity contribution < 1.29 is 9.59 Å². The first-order chi connectivity index (χ1) is 9.41. The molecule has 0 aromatic heterocycles. The molecular weight excluding hydrogens is 254 g/mol. The molecular formula is C15H23N3O2. The Morgan fingerprint density at radius 3 is 2.25 bits per heavy atom. The van der Waals surface area contributed by atoms with Gasteiger partial charge < -0.3 is 16.4 Å². The van der Waals surface area contributed by atoms with Crippen LogP contribution >= 0.6 is 0 Å². The van der Waals surface area contributed by atoms with Crippen molar-refractivity contribution in [3.63, 3.8) is 0 Å². The molecule has 0 aliphatic carbocycles. The van der Waals surface area contributed by atoms with Crippen molar-refractivity contribution in [2.45, 2.75) is 32.9 Å². The Labute approximate surface area is 119 Å². The van der Waals surface area contributed by atoms with E-state index >= 15 is 0 Å². The van der Waals surface area contributed by atoms with E-state index in [0.29, 0.717) is 12.5 Å². The van der Waals surface area contributed by atoms with Gasteiger partial charge in [-0.2, -0.15) is 0 Å². The molecule has 110 valence electrons. The summed E-state index contributed by atoms with van der Waals surface area (Å²) in [5, 5.41) is 5.40. The molecule has 4 N–H and O–H groups in total. The number of carbonyl (C=O) groups is 2. The quantitative estimate of drug-likeness (QED) is 0.724. The van der Waals surface area contributed by atoms with Crippen molar-refractivity contribution in [3.8, 4) is 0 Å². The summed E-state index contributed by atoms with van der Waals surface area (Å²) < 4.78 is 0. The third kappa shape index (κ3) is 5.01. The molecule has 1 rings (SSSR count). The molecule has 0 saturated heterocycles. The van der Waals surface area contributed by atoms with E-state index in [1.54, 1.807) is 19.1 Å². The Hall–Kier alpha value is -1.88. The molecule has 5 nitrogen and oxygen atoms in total. The summed E-state index contributed by atoms with van der Waals surface area (Å²) in [5.74, 6) is -0.191. The highest BCUT2D eigenvalue weighted by Crippen LogP contribution is 2.09. The van der Waals surface area contributed by atoms with Gasteiger partial charge in [-0.15, -0.1) is 0 Å². The lowest BCUT2D eigenvalue weighted by atomic mass is 10.1. The van der Waals surface area contributed by atoms with Gasteiger partial charge in [0, 0.05) is 6.54 Å². The summed E-state index contributed by atoms with van der Waals surface area (Å²) in [4.78, 5) is 23.8. The van der Waals surface area contributed by atoms with Crippen LogP contribution in [0.2, 0.25) is 0 Å². The average molecular weight is 277 g/mol. The zero-order valence-electron chi connectivity index (χ0n) is 12.2. The Morgan fingerprint density at radius 1 is 1.10 bits per heavy atom. The van der Waals surface area contributed by atoms with Gasteiger partial charge in [-0.1, -0.05) is 44.2 Å². The molecule has 0 fully saturated rings. The van der Waals surface area contributed by atoms with E-state index in [1.807, 2.05) is 32.0 Å². The summed E-state index contributed by atoms with van der Waals surface area (Å²) in [6.07, 6.45) is 0. The Kier molecular flexibility index (Phi) is 6.18. The largest absolute Gasteiger partial charge is 0.354 e. The van der Waals surface area contributed by atoms with E-state index in [0.717, 1.165) is 5.56 Å². The molecule has 20 heavy (non-hydrogen) atoms. The lowest BCUT2D eigenvalue weighted by molar-refractivity contribution is -0.129. The highest BCUT2D eigenvalue weighted by molar-refractivity contribution is 5.89. The van der Waals surface area contributed by atoms with Crippen molar-refractivity contribution in [3.05, 3.63) is 35.9 Å². The number of carbonyl (C=O) groups excluding carboxylic acids is 2. The molecule has 0 radical (unpaired) electrons. The highest BCUT2D eigenvalue weighted by atomic mass is 16.2. The number of rotatable bonds is 6. The molecule has 2 atom stereocenters. The maximum Gasteiger partial charge on any atom is 0.242 e. The molecule has 0 aliphatic rings. The fourth-order valence-corrected chi connectivity index (χ4v) is 1.64. The van der Waals surface area contributed by atoms with E-state index < -0.39 is 12.1 Å². The Morgan fingerprint density at radius 2 is 1.70 bits per heavy atom. The van der Waals surface area contributed by atoms with E-state index in [2.05, 4.69) is 10.6 Å². The van der Waals surface area contributed by atoms with Crippen molar-refractivity contribution in [1.82, 2.24) is 10.6 Å². The monoisotopic (exact) mass is 277 g/mol. The highest BCUT2D eigenvalue weighted by Gasteiger charge is 2.20. The van der Waals surface area contributed by atoms with E-state index in [1.165, 1.54) is 0 Å². The topological polar surface area (TPSA) is 84.2 Å². The number of benzene rings is 1. The zero-order valence-corrected chi connectivity index (χ0v) is 12.2. The molecule has 1 aromatic carbocycles. The fraction of sp³-hybridized carbons (Fsp3) is 0.467. The molecule has 0 aliphatic heterocycles. The second-order valence-corrected chi connectivity index (χ2v) is 5.26. The number of hydrogen-bond donors (Lipinski definition) is 3. The smallest absolute Gasteiger partial charge is 0.242 e. The van der Waals surface area contributed by atoms with Crippen LogP contribution in [0.15, 0.2) is 30.3 Å². The van der Waals surface area contributed by atoms with Crippen LogP contribution in [0.1, 0.15) is 32.4 Å². The third-order valence-corrected chi connectivity index (χ3v) is 2.88. The third-order valence-electron chi connectivity index (χ3n) is 2.88. The second-order valence-electron chi connectivity index (χ2n) is 5.26. The predicted octanol–water partition coefficient (Wildman–Crippen LogP) is 0.963. The Bertz CT molecular complexity index is 446. The van der Waals surface area contributed by atoms with Crippen LogP contribution in [0.5, 0.6) is 0 Å². The van der Waals surface area contributed by atoms with Gasteiger partial charge in [-0.25, -0.2) is 0 Å². The van der Waals surface area contributed by atoms with Gasteiger partial charge in [-0.3, -0.25) is 9.59 Å². The van der Waals surface area contributed by atoms with Gasteiger partial charge in [0.2, 0.25) is 11.8 Å². The average Bonchev–Trinajstić information content (AvgIpc) is 2.44. The molecule has 1 aromatic rings. The minimum atomic E-state index is -0.767. The lowest BCUT2D eigenvalue weighted by Crippen LogP contribution is -2.48. The van der Waals surface area contributed by atoms with Crippen LogP contribution in [0.4, 0.5) is 0 Å². The maximum atomic E-state index is 12.0. The van der Waals surface area contributed by atoms with Gasteiger partial charge in [0.1, 0.15) is 12.1 Å². The first kappa shape index (κ1) is 16.2. The normalized spacial score (nSPS) is 13.7. The van der Waals surface area contributed by atoms with Crippen molar-refractivity contribution >= 4 is 11.8 Å².